The molecule has 4 fully saturated rings. The van der Waals surface area contributed by atoms with E-state index in [1.54, 1.807) is 0 Å². The number of nitrogens with one attached hydrogen (secondary N) is 1. The Hall–Kier alpha value is -1.06. The number of hydrogen-bond donors (Lipinski definition) is 2. The highest BCUT2D eigenvalue weighted by Gasteiger charge is 2.50. The van der Waals surface area contributed by atoms with Crippen molar-refractivity contribution >= 4 is 11.9 Å². The fraction of sp³-hybridized carbons (Fsp3) is 0.867. The average Bonchev–Trinajstić information content (AvgIpc) is 2.91. The van der Waals surface area contributed by atoms with Gasteiger partial charge in [0.15, 0.2) is 0 Å². The highest BCUT2D eigenvalue weighted by Crippen LogP contribution is 2.49. The van der Waals surface area contributed by atoms with Crippen LogP contribution in [0.2, 0.25) is 0 Å². The third kappa shape index (κ3) is 2.37. The molecular formula is C15H23NO3. The van der Waals surface area contributed by atoms with Crippen LogP contribution in [0, 0.1) is 23.7 Å². The maximum Gasteiger partial charge on any atom is 0.307 e. The summed E-state index contributed by atoms with van der Waals surface area (Å²) in [6.45, 7) is 0. The smallest absolute Gasteiger partial charge is 0.307 e. The van der Waals surface area contributed by atoms with Gasteiger partial charge in [-0.25, -0.2) is 0 Å². The predicted molar refractivity (Wildman–Crippen MR) is 70.5 cm³/mol. The lowest BCUT2D eigenvalue weighted by Crippen LogP contribution is -2.52. The van der Waals surface area contributed by atoms with Crippen LogP contribution >= 0.6 is 0 Å². The van der Waals surface area contributed by atoms with Gasteiger partial charge in [0, 0.05) is 6.04 Å². The molecule has 1 amide bonds. The van der Waals surface area contributed by atoms with E-state index in [1.165, 1.54) is 12.8 Å². The largest absolute Gasteiger partial charge is 0.481 e. The van der Waals surface area contributed by atoms with Crippen LogP contribution in [0.5, 0.6) is 0 Å². The summed E-state index contributed by atoms with van der Waals surface area (Å²) in [5.41, 5.74) is 0. The number of hydrogen-bond acceptors (Lipinski definition) is 2. The fourth-order valence-electron chi connectivity index (χ4n) is 4.55. The van der Waals surface area contributed by atoms with Crippen molar-refractivity contribution in [2.24, 2.45) is 23.7 Å². The van der Waals surface area contributed by atoms with Crippen LogP contribution < -0.4 is 5.32 Å². The zero-order valence-corrected chi connectivity index (χ0v) is 11.3. The van der Waals surface area contributed by atoms with Gasteiger partial charge < -0.3 is 10.4 Å². The molecule has 0 heterocycles. The van der Waals surface area contributed by atoms with Crippen molar-refractivity contribution in [3.8, 4) is 0 Å². The van der Waals surface area contributed by atoms with E-state index in [1.807, 2.05) is 0 Å². The van der Waals surface area contributed by atoms with Gasteiger partial charge in [-0.2, -0.15) is 0 Å². The number of rotatable bonds is 3. The van der Waals surface area contributed by atoms with Crippen LogP contribution in [-0.2, 0) is 9.59 Å². The van der Waals surface area contributed by atoms with E-state index in [-0.39, 0.29) is 17.7 Å². The van der Waals surface area contributed by atoms with Crippen LogP contribution in [0.15, 0.2) is 0 Å². The maximum atomic E-state index is 12.5. The van der Waals surface area contributed by atoms with Crippen molar-refractivity contribution in [2.45, 2.75) is 57.4 Å². The summed E-state index contributed by atoms with van der Waals surface area (Å²) in [5.74, 6) is -0.927. The molecule has 0 spiro atoms. The Kier molecular flexibility index (Phi) is 3.50. The summed E-state index contributed by atoms with van der Waals surface area (Å²) in [6.07, 6.45) is 8.56. The summed E-state index contributed by atoms with van der Waals surface area (Å²) in [5, 5.41) is 12.6. The Bertz CT molecular complexity index is 368. The van der Waals surface area contributed by atoms with E-state index in [2.05, 4.69) is 5.32 Å². The average molecular weight is 265 g/mol. The number of carbonyl (C=O) groups is 2. The highest BCUT2D eigenvalue weighted by molar-refractivity contribution is 5.85. The lowest BCUT2D eigenvalue weighted by Gasteiger charge is -2.46. The molecule has 2 bridgehead atoms. The molecule has 2 N–H and O–H groups in total. The zero-order valence-electron chi connectivity index (χ0n) is 11.3. The Balaban J connectivity index is 1.72. The fourth-order valence-corrected chi connectivity index (χ4v) is 4.55. The normalized spacial score (nSPS) is 38.3. The first-order chi connectivity index (χ1) is 9.16. The van der Waals surface area contributed by atoms with E-state index in [0.29, 0.717) is 12.0 Å². The monoisotopic (exact) mass is 265 g/mol. The number of carboxylic acids is 1. The van der Waals surface area contributed by atoms with Crippen molar-refractivity contribution in [1.29, 1.82) is 0 Å². The molecule has 0 aromatic rings. The lowest BCUT2D eigenvalue weighted by atomic mass is 9.58. The van der Waals surface area contributed by atoms with Crippen molar-refractivity contribution in [3.05, 3.63) is 0 Å². The Morgan fingerprint density at radius 3 is 1.89 bits per heavy atom. The van der Waals surface area contributed by atoms with Gasteiger partial charge in [0.1, 0.15) is 0 Å². The molecule has 0 aromatic heterocycles. The van der Waals surface area contributed by atoms with E-state index < -0.39 is 11.9 Å². The summed E-state index contributed by atoms with van der Waals surface area (Å²) in [6, 6.07) is 0.294. The van der Waals surface area contributed by atoms with E-state index in [0.717, 1.165) is 38.5 Å². The van der Waals surface area contributed by atoms with Gasteiger partial charge in [-0.05, 0) is 50.4 Å². The number of aliphatic carboxylic acids is 1. The minimum atomic E-state index is -0.763. The second-order valence-corrected chi connectivity index (χ2v) is 6.55. The van der Waals surface area contributed by atoms with E-state index in [4.69, 9.17) is 0 Å². The van der Waals surface area contributed by atoms with Gasteiger partial charge in [-0.15, -0.1) is 0 Å². The molecule has 19 heavy (non-hydrogen) atoms. The molecule has 4 rings (SSSR count). The van der Waals surface area contributed by atoms with Crippen LogP contribution in [0.4, 0.5) is 0 Å². The molecule has 0 radical (unpaired) electrons. The summed E-state index contributed by atoms with van der Waals surface area (Å²) in [4.78, 5) is 24.0. The molecule has 0 aliphatic heterocycles. The predicted octanol–water partition coefficient (Wildman–Crippen LogP) is 2.18. The molecule has 0 unspecified atom stereocenters. The molecule has 4 aliphatic rings. The number of carbonyl (C=O) groups excluding carboxylic acids is 1. The molecule has 4 aliphatic carbocycles. The zero-order chi connectivity index (χ0) is 13.4. The maximum absolute atomic E-state index is 12.5. The first kappa shape index (κ1) is 12.9. The SMILES string of the molecule is O=C(O)[C@@H]1C2CCC(CC2)[C@@H]1C(=O)NC1CCCC1. The third-order valence-electron chi connectivity index (χ3n) is 5.51. The summed E-state index contributed by atoms with van der Waals surface area (Å²) < 4.78 is 0. The summed E-state index contributed by atoms with van der Waals surface area (Å²) >= 11 is 0. The van der Waals surface area contributed by atoms with Gasteiger partial charge in [0.05, 0.1) is 11.8 Å². The van der Waals surface area contributed by atoms with Gasteiger partial charge in [-0.3, -0.25) is 9.59 Å². The molecule has 0 saturated heterocycles. The molecule has 2 atom stereocenters. The van der Waals surface area contributed by atoms with Crippen LogP contribution in [0.25, 0.3) is 0 Å². The third-order valence-corrected chi connectivity index (χ3v) is 5.51. The molecule has 0 aromatic carbocycles. The number of fused-ring (bicyclic) bond motifs is 3. The van der Waals surface area contributed by atoms with Crippen LogP contribution in [0.1, 0.15) is 51.4 Å². The first-order valence-corrected chi connectivity index (χ1v) is 7.70. The van der Waals surface area contributed by atoms with Crippen LogP contribution in [0.3, 0.4) is 0 Å². The van der Waals surface area contributed by atoms with Gasteiger partial charge in [0.25, 0.3) is 0 Å². The Morgan fingerprint density at radius 2 is 1.37 bits per heavy atom. The highest BCUT2D eigenvalue weighted by atomic mass is 16.4. The molecule has 106 valence electrons. The minimum Gasteiger partial charge on any atom is -0.481 e. The van der Waals surface area contributed by atoms with E-state index >= 15 is 0 Å². The second-order valence-electron chi connectivity index (χ2n) is 6.55. The molecule has 4 saturated carbocycles. The van der Waals surface area contributed by atoms with Crippen molar-refractivity contribution < 1.29 is 14.7 Å². The van der Waals surface area contributed by atoms with Gasteiger partial charge >= 0.3 is 5.97 Å². The van der Waals surface area contributed by atoms with Gasteiger partial charge in [-0.1, -0.05) is 12.8 Å². The van der Waals surface area contributed by atoms with Crippen LogP contribution in [-0.4, -0.2) is 23.0 Å². The Morgan fingerprint density at radius 1 is 0.842 bits per heavy atom. The first-order valence-electron chi connectivity index (χ1n) is 7.70. The number of carboxylic acid groups (broad SMARTS) is 1. The lowest BCUT2D eigenvalue weighted by molar-refractivity contribution is -0.158. The van der Waals surface area contributed by atoms with Crippen molar-refractivity contribution in [2.75, 3.05) is 0 Å². The van der Waals surface area contributed by atoms with Crippen molar-refractivity contribution in [1.82, 2.24) is 5.32 Å². The molecule has 4 nitrogen and oxygen atoms in total. The van der Waals surface area contributed by atoms with Crippen molar-refractivity contribution in [3.63, 3.8) is 0 Å². The second kappa shape index (κ2) is 5.14. The van der Waals surface area contributed by atoms with E-state index in [9.17, 15) is 14.7 Å². The quantitative estimate of drug-likeness (QED) is 0.822. The minimum absolute atomic E-state index is 0.0219. The summed E-state index contributed by atoms with van der Waals surface area (Å²) in [7, 11) is 0. The number of amides is 1. The topological polar surface area (TPSA) is 66.4 Å². The molecular weight excluding hydrogens is 242 g/mol. The van der Waals surface area contributed by atoms with Gasteiger partial charge in [0.2, 0.25) is 5.91 Å². The Labute approximate surface area is 113 Å². The standard InChI is InChI=1S/C15H23NO3/c17-14(16-11-3-1-2-4-11)12-9-5-7-10(8-6-9)13(12)15(18)19/h9-13H,1-8H2,(H,16,17)(H,18,19)/t9?,10?,12-,13+/m0/s1. The molecule has 4 heteroatoms.